The highest BCUT2D eigenvalue weighted by Gasteiger charge is 2.35. The lowest BCUT2D eigenvalue weighted by Gasteiger charge is -2.12. The Morgan fingerprint density at radius 3 is 2.39 bits per heavy atom. The number of nitro benzene ring substituents is 1. The average Bonchev–Trinajstić information content (AvgIpc) is 3.06. The molecule has 1 fully saturated rings. The van der Waals surface area contributed by atoms with Crippen molar-refractivity contribution in [3.05, 3.63) is 110 Å². The molecule has 0 spiro atoms. The summed E-state index contributed by atoms with van der Waals surface area (Å²) in [6.45, 7) is 0.413. The smallest absolute Gasteiger partial charge is 0.293 e. The molecule has 0 unspecified atom stereocenters. The highest BCUT2D eigenvalue weighted by molar-refractivity contribution is 8.18. The number of nitrogens with zero attached hydrogens (tertiary/aromatic N) is 2. The third-order valence-corrected chi connectivity index (χ3v) is 6.00. The van der Waals surface area contributed by atoms with Gasteiger partial charge in [-0.15, -0.1) is 0 Å². The van der Waals surface area contributed by atoms with E-state index in [2.05, 4.69) is 0 Å². The molecule has 2 amide bonds. The monoisotopic (exact) mass is 480 g/mol. The van der Waals surface area contributed by atoms with E-state index in [4.69, 9.17) is 16.3 Å². The first-order chi connectivity index (χ1) is 15.9. The molecule has 3 aromatic carbocycles. The van der Waals surface area contributed by atoms with Crippen LogP contribution < -0.4 is 4.74 Å². The molecule has 33 heavy (non-hydrogen) atoms. The molecule has 0 bridgehead atoms. The summed E-state index contributed by atoms with van der Waals surface area (Å²) in [6.07, 6.45) is 1.65. The number of benzene rings is 3. The predicted octanol–water partition coefficient (Wildman–Crippen LogP) is 6.06. The number of hydrogen-bond acceptors (Lipinski definition) is 6. The summed E-state index contributed by atoms with van der Waals surface area (Å²) in [5, 5.41) is 11.1. The van der Waals surface area contributed by atoms with Crippen LogP contribution in [-0.2, 0) is 17.9 Å². The number of ether oxygens (including phenoxy) is 1. The van der Waals surface area contributed by atoms with Gasteiger partial charge in [0.25, 0.3) is 16.8 Å². The van der Waals surface area contributed by atoms with E-state index < -0.39 is 10.8 Å². The molecule has 0 aromatic heterocycles. The molecule has 0 saturated carbocycles. The Morgan fingerprint density at radius 1 is 1.00 bits per heavy atom. The van der Waals surface area contributed by atoms with E-state index in [0.29, 0.717) is 27.8 Å². The Labute approximate surface area is 198 Å². The van der Waals surface area contributed by atoms with Gasteiger partial charge in [-0.05, 0) is 58.8 Å². The van der Waals surface area contributed by atoms with E-state index in [9.17, 15) is 19.7 Å². The largest absolute Gasteiger partial charge is 0.489 e. The third-order valence-electron chi connectivity index (χ3n) is 4.84. The molecule has 1 aliphatic heterocycles. The van der Waals surface area contributed by atoms with Gasteiger partial charge in [-0.1, -0.05) is 48.0 Å². The molecule has 9 heteroatoms. The van der Waals surface area contributed by atoms with Crippen LogP contribution in [0.25, 0.3) is 6.08 Å². The number of nitro groups is 1. The first kappa shape index (κ1) is 22.6. The maximum absolute atomic E-state index is 12.8. The third kappa shape index (κ3) is 5.60. The predicted molar refractivity (Wildman–Crippen MR) is 127 cm³/mol. The van der Waals surface area contributed by atoms with E-state index >= 15 is 0 Å². The Balaban J connectivity index is 1.43. The first-order valence-electron chi connectivity index (χ1n) is 9.85. The van der Waals surface area contributed by atoms with Gasteiger partial charge < -0.3 is 4.74 Å². The second-order valence-electron chi connectivity index (χ2n) is 7.18. The highest BCUT2D eigenvalue weighted by atomic mass is 35.5. The molecular weight excluding hydrogens is 464 g/mol. The molecule has 0 N–H and O–H groups in total. The summed E-state index contributed by atoms with van der Waals surface area (Å²) in [4.78, 5) is 36.9. The number of carbonyl (C=O) groups excluding carboxylic acids is 2. The van der Waals surface area contributed by atoms with E-state index in [1.807, 2.05) is 30.3 Å². The van der Waals surface area contributed by atoms with Crippen molar-refractivity contribution in [2.45, 2.75) is 13.2 Å². The topological polar surface area (TPSA) is 89.8 Å². The molecular formula is C24H17ClN2O5S. The average molecular weight is 481 g/mol. The maximum Gasteiger partial charge on any atom is 0.293 e. The van der Waals surface area contributed by atoms with Crippen LogP contribution in [0, 0.1) is 10.1 Å². The van der Waals surface area contributed by atoms with Crippen molar-refractivity contribution in [1.82, 2.24) is 4.90 Å². The molecule has 1 saturated heterocycles. The van der Waals surface area contributed by atoms with Gasteiger partial charge in [0.1, 0.15) is 12.4 Å². The van der Waals surface area contributed by atoms with Crippen molar-refractivity contribution < 1.29 is 19.2 Å². The zero-order chi connectivity index (χ0) is 23.4. The van der Waals surface area contributed by atoms with Gasteiger partial charge in [0.15, 0.2) is 0 Å². The van der Waals surface area contributed by atoms with Gasteiger partial charge in [-0.25, -0.2) is 0 Å². The van der Waals surface area contributed by atoms with Crippen LogP contribution in [0.1, 0.15) is 16.7 Å². The Hall–Kier alpha value is -3.62. The van der Waals surface area contributed by atoms with Gasteiger partial charge in [0.2, 0.25) is 0 Å². The Kier molecular flexibility index (Phi) is 6.76. The molecule has 3 aromatic rings. The zero-order valence-corrected chi connectivity index (χ0v) is 18.7. The highest BCUT2D eigenvalue weighted by Crippen LogP contribution is 2.34. The van der Waals surface area contributed by atoms with Crippen LogP contribution in [-0.4, -0.2) is 21.0 Å². The second-order valence-corrected chi connectivity index (χ2v) is 8.61. The quantitative estimate of drug-likeness (QED) is 0.232. The number of rotatable bonds is 7. The van der Waals surface area contributed by atoms with E-state index in [1.165, 1.54) is 24.3 Å². The number of thioether (sulfide) groups is 1. The normalized spacial score (nSPS) is 14.7. The summed E-state index contributed by atoms with van der Waals surface area (Å²) in [7, 11) is 0. The van der Waals surface area contributed by atoms with Crippen LogP contribution in [0.4, 0.5) is 10.5 Å². The summed E-state index contributed by atoms with van der Waals surface area (Å²) in [6, 6.07) is 20.4. The lowest BCUT2D eigenvalue weighted by molar-refractivity contribution is -0.384. The van der Waals surface area contributed by atoms with Gasteiger partial charge >= 0.3 is 0 Å². The number of halogens is 1. The minimum atomic E-state index is -0.500. The number of non-ortho nitro benzene ring substituents is 1. The lowest BCUT2D eigenvalue weighted by atomic mass is 10.2. The molecule has 1 heterocycles. The minimum absolute atomic E-state index is 0.0459. The van der Waals surface area contributed by atoms with Crippen molar-refractivity contribution in [1.29, 1.82) is 0 Å². The van der Waals surface area contributed by atoms with E-state index in [-0.39, 0.29) is 17.5 Å². The van der Waals surface area contributed by atoms with Gasteiger partial charge in [-0.3, -0.25) is 24.6 Å². The standard InChI is InChI=1S/C24H17ClN2O5S/c25-19-8-4-17(5-9-19)15-32-21-3-1-2-18(12-21)13-22-23(28)26(24(29)33-22)14-16-6-10-20(11-7-16)27(30)31/h1-13H,14-15H2/b22-13+. The Bertz CT molecular complexity index is 1240. The summed E-state index contributed by atoms with van der Waals surface area (Å²) < 4.78 is 5.82. The number of imide groups is 1. The molecule has 7 nitrogen and oxygen atoms in total. The van der Waals surface area contributed by atoms with Crippen LogP contribution in [0.15, 0.2) is 77.7 Å². The van der Waals surface area contributed by atoms with Crippen LogP contribution in [0.5, 0.6) is 5.75 Å². The molecule has 4 rings (SSSR count). The fraction of sp³-hybridized carbons (Fsp3) is 0.0833. The van der Waals surface area contributed by atoms with Gasteiger partial charge in [-0.2, -0.15) is 0 Å². The number of amides is 2. The van der Waals surface area contributed by atoms with Crippen molar-refractivity contribution in [3.8, 4) is 5.75 Å². The van der Waals surface area contributed by atoms with Crippen LogP contribution in [0.2, 0.25) is 5.02 Å². The summed E-state index contributed by atoms with van der Waals surface area (Å²) in [5.74, 6) is 0.222. The SMILES string of the molecule is O=C1S/C(=C/c2cccc(OCc3ccc(Cl)cc3)c2)C(=O)N1Cc1ccc([N+](=O)[O-])cc1. The van der Waals surface area contributed by atoms with Crippen molar-refractivity contribution in [3.63, 3.8) is 0 Å². The Morgan fingerprint density at radius 2 is 1.70 bits per heavy atom. The first-order valence-corrected chi connectivity index (χ1v) is 11.0. The number of hydrogen-bond donors (Lipinski definition) is 0. The number of carbonyl (C=O) groups is 2. The van der Waals surface area contributed by atoms with Crippen LogP contribution >= 0.6 is 23.4 Å². The van der Waals surface area contributed by atoms with Gasteiger partial charge in [0, 0.05) is 17.2 Å². The van der Waals surface area contributed by atoms with E-state index in [0.717, 1.165) is 27.8 Å². The molecule has 0 atom stereocenters. The molecule has 1 aliphatic rings. The van der Waals surface area contributed by atoms with E-state index in [1.54, 1.807) is 24.3 Å². The van der Waals surface area contributed by atoms with Crippen molar-refractivity contribution >= 4 is 46.3 Å². The fourth-order valence-corrected chi connectivity index (χ4v) is 4.10. The summed E-state index contributed by atoms with van der Waals surface area (Å²) in [5.41, 5.74) is 2.27. The lowest BCUT2D eigenvalue weighted by Crippen LogP contribution is -2.27. The van der Waals surface area contributed by atoms with Gasteiger partial charge in [0.05, 0.1) is 16.4 Å². The van der Waals surface area contributed by atoms with Crippen LogP contribution in [0.3, 0.4) is 0 Å². The fourth-order valence-electron chi connectivity index (χ4n) is 3.13. The van der Waals surface area contributed by atoms with Crippen molar-refractivity contribution in [2.75, 3.05) is 0 Å². The molecule has 0 aliphatic carbocycles. The van der Waals surface area contributed by atoms with Crippen molar-refractivity contribution in [2.24, 2.45) is 0 Å². The molecule has 166 valence electrons. The minimum Gasteiger partial charge on any atom is -0.489 e. The zero-order valence-electron chi connectivity index (χ0n) is 17.1. The molecule has 0 radical (unpaired) electrons. The summed E-state index contributed by atoms with van der Waals surface area (Å²) >= 11 is 6.76. The second kappa shape index (κ2) is 9.89. The maximum atomic E-state index is 12.8.